The molecule has 22 heavy (non-hydrogen) atoms. The van der Waals surface area contributed by atoms with E-state index in [9.17, 15) is 4.79 Å². The van der Waals surface area contributed by atoms with Crippen LogP contribution in [0.2, 0.25) is 0 Å². The number of halogens is 1. The van der Waals surface area contributed by atoms with Crippen molar-refractivity contribution in [3.8, 4) is 0 Å². The number of anilines is 1. The number of hydrogen-bond donors (Lipinski definition) is 1. The van der Waals surface area contributed by atoms with E-state index in [1.807, 2.05) is 39.0 Å². The molecule has 2 N–H and O–H groups in total. The van der Waals surface area contributed by atoms with E-state index in [0.717, 1.165) is 0 Å². The zero-order valence-corrected chi connectivity index (χ0v) is 15.1. The molecule has 2 aromatic rings. The maximum Gasteiger partial charge on any atom is 0.338 e. The summed E-state index contributed by atoms with van der Waals surface area (Å²) in [6.45, 7) is 7.53. The summed E-state index contributed by atoms with van der Waals surface area (Å²) in [5.41, 5.74) is 6.70. The van der Waals surface area contributed by atoms with Crippen molar-refractivity contribution >= 4 is 28.8 Å². The SMILES string of the molecule is Br.CC(C)(C)OC(=O)c1ccnc(N)c1.Cc1ccccc1. The van der Waals surface area contributed by atoms with E-state index < -0.39 is 5.60 Å². The highest BCUT2D eigenvalue weighted by Crippen LogP contribution is 2.12. The predicted octanol–water partition coefficient (Wildman–Crippen LogP) is 4.19. The van der Waals surface area contributed by atoms with Gasteiger partial charge >= 0.3 is 5.97 Å². The third kappa shape index (κ3) is 8.42. The first kappa shape index (κ1) is 20.1. The Balaban J connectivity index is 0.000000465. The molecule has 2 rings (SSSR count). The molecule has 0 aliphatic rings. The zero-order valence-electron chi connectivity index (χ0n) is 13.4. The molecule has 0 bridgehead atoms. The van der Waals surface area contributed by atoms with Gasteiger partial charge in [0.1, 0.15) is 11.4 Å². The van der Waals surface area contributed by atoms with E-state index in [0.29, 0.717) is 11.4 Å². The largest absolute Gasteiger partial charge is 0.456 e. The van der Waals surface area contributed by atoms with Crippen molar-refractivity contribution in [2.45, 2.75) is 33.3 Å². The van der Waals surface area contributed by atoms with Gasteiger partial charge in [-0.25, -0.2) is 9.78 Å². The van der Waals surface area contributed by atoms with Crippen LogP contribution in [0, 0.1) is 6.92 Å². The number of nitrogens with zero attached hydrogens (tertiary/aromatic N) is 1. The molecule has 0 saturated heterocycles. The lowest BCUT2D eigenvalue weighted by Gasteiger charge is -2.19. The molecule has 1 aromatic heterocycles. The van der Waals surface area contributed by atoms with Crippen LogP contribution in [0.4, 0.5) is 5.82 Å². The van der Waals surface area contributed by atoms with Crippen LogP contribution < -0.4 is 5.73 Å². The van der Waals surface area contributed by atoms with E-state index in [1.165, 1.54) is 17.8 Å². The number of nitrogen functional groups attached to an aromatic ring is 1. The maximum atomic E-state index is 11.5. The number of esters is 1. The molecule has 1 aromatic carbocycles. The van der Waals surface area contributed by atoms with E-state index in [-0.39, 0.29) is 23.0 Å². The van der Waals surface area contributed by atoms with Crippen molar-refractivity contribution in [3.63, 3.8) is 0 Å². The zero-order chi connectivity index (χ0) is 15.9. The van der Waals surface area contributed by atoms with Crippen LogP contribution in [0.25, 0.3) is 0 Å². The Bertz CT molecular complexity index is 581. The Hall–Kier alpha value is -1.88. The number of ether oxygens (including phenoxy) is 1. The van der Waals surface area contributed by atoms with Gasteiger partial charge < -0.3 is 10.5 Å². The number of aryl methyl sites for hydroxylation is 1. The minimum atomic E-state index is -0.491. The van der Waals surface area contributed by atoms with E-state index in [1.54, 1.807) is 6.07 Å². The van der Waals surface area contributed by atoms with Crippen LogP contribution in [0.1, 0.15) is 36.7 Å². The van der Waals surface area contributed by atoms with Gasteiger partial charge in [-0.15, -0.1) is 17.0 Å². The van der Waals surface area contributed by atoms with Crippen molar-refractivity contribution in [2.75, 3.05) is 5.73 Å². The van der Waals surface area contributed by atoms with Gasteiger partial charge in [0.25, 0.3) is 0 Å². The molecule has 0 fully saturated rings. The summed E-state index contributed by atoms with van der Waals surface area (Å²) in [7, 11) is 0. The molecule has 1 heterocycles. The molecule has 120 valence electrons. The lowest BCUT2D eigenvalue weighted by atomic mass is 10.2. The van der Waals surface area contributed by atoms with Crippen molar-refractivity contribution in [1.82, 2.24) is 4.98 Å². The summed E-state index contributed by atoms with van der Waals surface area (Å²) in [5.74, 6) is -0.0695. The second-order valence-electron chi connectivity index (χ2n) is 5.63. The predicted molar refractivity (Wildman–Crippen MR) is 95.3 cm³/mol. The van der Waals surface area contributed by atoms with E-state index >= 15 is 0 Å². The van der Waals surface area contributed by atoms with Gasteiger partial charge in [0.2, 0.25) is 0 Å². The fourth-order valence-electron chi connectivity index (χ4n) is 1.45. The standard InChI is InChI=1S/C10H14N2O2.C7H8.BrH/c1-10(2,3)14-9(13)7-4-5-12-8(11)6-7;1-7-5-3-2-4-6-7;/h4-6H,1-3H3,(H2,11,12);2-6H,1H3;1H. The molecule has 0 saturated carbocycles. The van der Waals surface area contributed by atoms with Gasteiger partial charge in [0, 0.05) is 6.20 Å². The number of hydrogen-bond acceptors (Lipinski definition) is 4. The number of carbonyl (C=O) groups excluding carboxylic acids is 1. The van der Waals surface area contributed by atoms with Crippen molar-refractivity contribution in [2.24, 2.45) is 0 Å². The molecule has 0 atom stereocenters. The number of pyridine rings is 1. The third-order valence-corrected chi connectivity index (χ3v) is 2.36. The fraction of sp³-hybridized carbons (Fsp3) is 0.294. The Morgan fingerprint density at radius 1 is 1.14 bits per heavy atom. The summed E-state index contributed by atoms with van der Waals surface area (Å²) in [6.07, 6.45) is 1.48. The molecule has 0 aliphatic carbocycles. The number of rotatable bonds is 1. The first-order valence-corrected chi connectivity index (χ1v) is 6.74. The molecular weight excluding hydrogens is 344 g/mol. The van der Waals surface area contributed by atoms with Crippen LogP contribution in [0.3, 0.4) is 0 Å². The first-order valence-electron chi connectivity index (χ1n) is 6.74. The highest BCUT2D eigenvalue weighted by molar-refractivity contribution is 8.93. The van der Waals surface area contributed by atoms with Gasteiger partial charge in [-0.2, -0.15) is 0 Å². The Morgan fingerprint density at radius 3 is 2.14 bits per heavy atom. The summed E-state index contributed by atoms with van der Waals surface area (Å²) in [6, 6.07) is 13.3. The minimum Gasteiger partial charge on any atom is -0.456 e. The quantitative estimate of drug-likeness (QED) is 0.768. The van der Waals surface area contributed by atoms with E-state index in [2.05, 4.69) is 24.0 Å². The van der Waals surface area contributed by atoms with Crippen molar-refractivity contribution < 1.29 is 9.53 Å². The van der Waals surface area contributed by atoms with Crippen molar-refractivity contribution in [1.29, 1.82) is 0 Å². The Kier molecular flexibility index (Phi) is 8.42. The second-order valence-corrected chi connectivity index (χ2v) is 5.63. The average molecular weight is 367 g/mol. The van der Waals surface area contributed by atoms with Gasteiger partial charge in [-0.3, -0.25) is 0 Å². The van der Waals surface area contributed by atoms with Crippen molar-refractivity contribution in [3.05, 3.63) is 59.8 Å². The van der Waals surface area contributed by atoms with Crippen LogP contribution in [0.5, 0.6) is 0 Å². The highest BCUT2D eigenvalue weighted by atomic mass is 79.9. The number of carbonyl (C=O) groups is 1. The number of benzene rings is 1. The number of aromatic nitrogens is 1. The summed E-state index contributed by atoms with van der Waals surface area (Å²) < 4.78 is 5.16. The molecule has 4 nitrogen and oxygen atoms in total. The monoisotopic (exact) mass is 366 g/mol. The molecular formula is C17H23BrN2O2. The second kappa shape index (κ2) is 9.20. The highest BCUT2D eigenvalue weighted by Gasteiger charge is 2.17. The van der Waals surface area contributed by atoms with Gasteiger partial charge in [0.05, 0.1) is 5.56 Å². The van der Waals surface area contributed by atoms with E-state index in [4.69, 9.17) is 10.5 Å². The first-order chi connectivity index (χ1) is 9.78. The van der Waals surface area contributed by atoms with Gasteiger partial charge in [-0.05, 0) is 39.8 Å². The normalized spacial score (nSPS) is 9.82. The van der Waals surface area contributed by atoms with Crippen LogP contribution in [0.15, 0.2) is 48.7 Å². The summed E-state index contributed by atoms with van der Waals surface area (Å²) in [4.78, 5) is 15.3. The lowest BCUT2D eigenvalue weighted by Crippen LogP contribution is -2.23. The minimum absolute atomic E-state index is 0. The van der Waals surface area contributed by atoms with Crippen LogP contribution >= 0.6 is 17.0 Å². The van der Waals surface area contributed by atoms with Crippen LogP contribution in [-0.2, 0) is 4.74 Å². The molecule has 0 unspecified atom stereocenters. The van der Waals surface area contributed by atoms with Gasteiger partial charge in [0.15, 0.2) is 0 Å². The third-order valence-electron chi connectivity index (χ3n) is 2.36. The topological polar surface area (TPSA) is 65.2 Å². The molecule has 0 spiro atoms. The molecule has 0 aliphatic heterocycles. The van der Waals surface area contributed by atoms with Gasteiger partial charge in [-0.1, -0.05) is 35.9 Å². The average Bonchev–Trinajstić information content (AvgIpc) is 2.38. The Labute approximate surface area is 142 Å². The Morgan fingerprint density at radius 2 is 1.73 bits per heavy atom. The lowest BCUT2D eigenvalue weighted by molar-refractivity contribution is 0.00694. The molecule has 5 heteroatoms. The molecule has 0 amide bonds. The smallest absolute Gasteiger partial charge is 0.338 e. The number of nitrogens with two attached hydrogens (primary N) is 1. The van der Waals surface area contributed by atoms with Crippen LogP contribution in [-0.4, -0.2) is 16.6 Å². The summed E-state index contributed by atoms with van der Waals surface area (Å²) in [5, 5.41) is 0. The maximum absolute atomic E-state index is 11.5. The fourth-order valence-corrected chi connectivity index (χ4v) is 1.45. The molecule has 0 radical (unpaired) electrons. The summed E-state index contributed by atoms with van der Waals surface area (Å²) >= 11 is 0.